The summed E-state index contributed by atoms with van der Waals surface area (Å²) in [5.74, 6) is 0.238. The van der Waals surface area contributed by atoms with Gasteiger partial charge >= 0.3 is 6.03 Å². The third-order valence-corrected chi connectivity index (χ3v) is 4.09. The van der Waals surface area contributed by atoms with E-state index in [1.165, 1.54) is 12.1 Å². The van der Waals surface area contributed by atoms with Crippen LogP contribution in [0.2, 0.25) is 5.02 Å². The van der Waals surface area contributed by atoms with Gasteiger partial charge in [0.2, 0.25) is 0 Å². The van der Waals surface area contributed by atoms with Gasteiger partial charge in [-0.2, -0.15) is 0 Å². The predicted molar refractivity (Wildman–Crippen MR) is 74.7 cm³/mol. The van der Waals surface area contributed by atoms with E-state index in [2.05, 4.69) is 5.32 Å². The number of sulfonamides is 1. The second-order valence-electron chi connectivity index (χ2n) is 4.62. The molecule has 0 fully saturated rings. The Balaban J connectivity index is 2.81. The average Bonchev–Trinajstić information content (AvgIpc) is 2.29. The van der Waals surface area contributed by atoms with Crippen LogP contribution in [0.4, 0.5) is 4.79 Å². The highest BCUT2D eigenvalue weighted by molar-refractivity contribution is 7.90. The van der Waals surface area contributed by atoms with Crippen molar-refractivity contribution in [3.05, 3.63) is 28.8 Å². The molecule has 2 N–H and O–H groups in total. The number of amides is 2. The number of nitrogens with one attached hydrogen (secondary N) is 2. The van der Waals surface area contributed by atoms with Crippen molar-refractivity contribution in [3.8, 4) is 0 Å². The summed E-state index contributed by atoms with van der Waals surface area (Å²) < 4.78 is 25.8. The van der Waals surface area contributed by atoms with Crippen molar-refractivity contribution in [2.45, 2.75) is 25.7 Å². The van der Waals surface area contributed by atoms with Crippen LogP contribution >= 0.6 is 11.6 Å². The fraction of sp³-hybridized carbons (Fsp3) is 0.417. The molecule has 19 heavy (non-hydrogen) atoms. The number of urea groups is 1. The minimum atomic E-state index is -3.89. The van der Waals surface area contributed by atoms with Gasteiger partial charge in [-0.05, 0) is 30.5 Å². The maximum atomic E-state index is 11.9. The van der Waals surface area contributed by atoms with Crippen molar-refractivity contribution in [3.63, 3.8) is 0 Å². The topological polar surface area (TPSA) is 75.3 Å². The number of hydrogen-bond donors (Lipinski definition) is 2. The molecule has 1 rings (SSSR count). The molecule has 0 aliphatic carbocycles. The van der Waals surface area contributed by atoms with Gasteiger partial charge in [-0.1, -0.05) is 31.5 Å². The molecule has 5 nitrogen and oxygen atoms in total. The maximum absolute atomic E-state index is 11.9. The van der Waals surface area contributed by atoms with Crippen LogP contribution in [0.5, 0.6) is 0 Å². The normalized spacial score (nSPS) is 11.4. The first-order valence-electron chi connectivity index (χ1n) is 5.79. The van der Waals surface area contributed by atoms with Gasteiger partial charge in [0.15, 0.2) is 0 Å². The molecule has 0 unspecified atom stereocenters. The van der Waals surface area contributed by atoms with Crippen LogP contribution in [-0.4, -0.2) is 21.0 Å². The summed E-state index contributed by atoms with van der Waals surface area (Å²) in [5, 5.41) is 2.81. The summed E-state index contributed by atoms with van der Waals surface area (Å²) in [4.78, 5) is 11.4. The predicted octanol–water partition coefficient (Wildman–Crippen LogP) is 2.29. The Bertz CT molecular complexity index is 570. The zero-order valence-electron chi connectivity index (χ0n) is 11.0. The molecular weight excluding hydrogens is 288 g/mol. The van der Waals surface area contributed by atoms with Gasteiger partial charge in [0.05, 0.1) is 4.90 Å². The second-order valence-corrected chi connectivity index (χ2v) is 6.71. The van der Waals surface area contributed by atoms with E-state index in [0.717, 1.165) is 5.56 Å². The zero-order valence-corrected chi connectivity index (χ0v) is 12.6. The summed E-state index contributed by atoms with van der Waals surface area (Å²) in [6.07, 6.45) is 0. The number of hydrogen-bond acceptors (Lipinski definition) is 3. The Kier molecular flexibility index (Phi) is 5.20. The molecule has 0 atom stereocenters. The highest BCUT2D eigenvalue weighted by atomic mass is 35.5. The summed E-state index contributed by atoms with van der Waals surface area (Å²) in [6, 6.07) is 3.56. The lowest BCUT2D eigenvalue weighted by Crippen LogP contribution is -2.40. The van der Waals surface area contributed by atoms with Crippen molar-refractivity contribution >= 4 is 27.7 Å². The summed E-state index contributed by atoms with van der Waals surface area (Å²) in [5.41, 5.74) is 0.768. The van der Waals surface area contributed by atoms with Crippen molar-refractivity contribution in [2.24, 2.45) is 5.92 Å². The molecule has 106 valence electrons. The van der Waals surface area contributed by atoms with Crippen LogP contribution in [0, 0.1) is 12.8 Å². The number of carbonyl (C=O) groups excluding carboxylic acids is 1. The summed E-state index contributed by atoms with van der Waals surface area (Å²) in [7, 11) is -3.89. The summed E-state index contributed by atoms with van der Waals surface area (Å²) in [6.45, 7) is 5.99. The number of benzene rings is 1. The SMILES string of the molecule is Cc1ccc(S(=O)(=O)NC(=O)NCC(C)C)cc1Cl. The van der Waals surface area contributed by atoms with E-state index in [1.54, 1.807) is 13.0 Å². The Hall–Kier alpha value is -1.27. The van der Waals surface area contributed by atoms with Crippen molar-refractivity contribution in [2.75, 3.05) is 6.54 Å². The van der Waals surface area contributed by atoms with Gasteiger partial charge < -0.3 is 5.32 Å². The lowest BCUT2D eigenvalue weighted by molar-refractivity contribution is 0.244. The molecule has 0 radical (unpaired) electrons. The quantitative estimate of drug-likeness (QED) is 0.896. The van der Waals surface area contributed by atoms with Gasteiger partial charge in [-0.25, -0.2) is 17.9 Å². The molecule has 0 aliphatic rings. The minimum absolute atomic E-state index is 0.0391. The van der Waals surface area contributed by atoms with E-state index in [1.807, 2.05) is 18.6 Å². The fourth-order valence-corrected chi connectivity index (χ4v) is 2.45. The monoisotopic (exact) mass is 304 g/mol. The van der Waals surface area contributed by atoms with Crippen molar-refractivity contribution in [1.82, 2.24) is 10.0 Å². The second kappa shape index (κ2) is 6.25. The molecule has 1 aromatic carbocycles. The fourth-order valence-electron chi connectivity index (χ4n) is 1.25. The van der Waals surface area contributed by atoms with Gasteiger partial charge in [0, 0.05) is 11.6 Å². The Morgan fingerprint density at radius 1 is 1.37 bits per heavy atom. The maximum Gasteiger partial charge on any atom is 0.328 e. The van der Waals surface area contributed by atoms with E-state index in [0.29, 0.717) is 11.6 Å². The number of aryl methyl sites for hydroxylation is 1. The van der Waals surface area contributed by atoms with E-state index in [-0.39, 0.29) is 10.8 Å². The van der Waals surface area contributed by atoms with Gasteiger partial charge in [-0.15, -0.1) is 0 Å². The van der Waals surface area contributed by atoms with Gasteiger partial charge in [0.25, 0.3) is 10.0 Å². The number of carbonyl (C=O) groups is 1. The number of halogens is 1. The van der Waals surface area contributed by atoms with Crippen molar-refractivity contribution < 1.29 is 13.2 Å². The van der Waals surface area contributed by atoms with Gasteiger partial charge in [-0.3, -0.25) is 0 Å². The smallest absolute Gasteiger partial charge is 0.328 e. The Labute approximate surface area is 118 Å². The first kappa shape index (κ1) is 15.8. The summed E-state index contributed by atoms with van der Waals surface area (Å²) >= 11 is 5.87. The molecular formula is C12H17ClN2O3S. The third kappa shape index (κ3) is 4.72. The van der Waals surface area contributed by atoms with E-state index >= 15 is 0 Å². The molecule has 1 aromatic rings. The lowest BCUT2D eigenvalue weighted by atomic mass is 10.2. The molecule has 0 saturated carbocycles. The zero-order chi connectivity index (χ0) is 14.6. The van der Waals surface area contributed by atoms with Gasteiger partial charge in [0.1, 0.15) is 0 Å². The van der Waals surface area contributed by atoms with Crippen LogP contribution < -0.4 is 10.0 Å². The molecule has 0 heterocycles. The highest BCUT2D eigenvalue weighted by Gasteiger charge is 2.18. The molecule has 2 amide bonds. The van der Waals surface area contributed by atoms with Crippen LogP contribution in [0.15, 0.2) is 23.1 Å². The van der Waals surface area contributed by atoms with Crippen LogP contribution in [0.25, 0.3) is 0 Å². The molecule has 0 bridgehead atoms. The van der Waals surface area contributed by atoms with E-state index in [4.69, 9.17) is 11.6 Å². The first-order chi connectivity index (χ1) is 8.72. The van der Waals surface area contributed by atoms with E-state index in [9.17, 15) is 13.2 Å². The third-order valence-electron chi connectivity index (χ3n) is 2.35. The standard InChI is InChI=1S/C12H17ClN2O3S/c1-8(2)7-14-12(16)15-19(17,18)10-5-4-9(3)11(13)6-10/h4-6,8H,7H2,1-3H3,(H2,14,15,16). The van der Waals surface area contributed by atoms with Crippen molar-refractivity contribution in [1.29, 1.82) is 0 Å². The molecule has 0 saturated heterocycles. The highest BCUT2D eigenvalue weighted by Crippen LogP contribution is 2.19. The average molecular weight is 305 g/mol. The molecule has 0 spiro atoms. The van der Waals surface area contributed by atoms with E-state index < -0.39 is 16.1 Å². The van der Waals surface area contributed by atoms with Crippen LogP contribution in [-0.2, 0) is 10.0 Å². The van der Waals surface area contributed by atoms with Crippen LogP contribution in [0.1, 0.15) is 19.4 Å². The number of rotatable bonds is 4. The molecule has 0 aliphatic heterocycles. The Morgan fingerprint density at radius 3 is 2.53 bits per heavy atom. The molecule has 7 heteroatoms. The lowest BCUT2D eigenvalue weighted by Gasteiger charge is -2.10. The van der Waals surface area contributed by atoms with Crippen LogP contribution in [0.3, 0.4) is 0 Å². The molecule has 0 aromatic heterocycles. The minimum Gasteiger partial charge on any atom is -0.337 e. The first-order valence-corrected chi connectivity index (χ1v) is 7.65. The Morgan fingerprint density at radius 2 is 2.00 bits per heavy atom. The largest absolute Gasteiger partial charge is 0.337 e.